The molecule has 0 bridgehead atoms. The fraction of sp³-hybridized carbons (Fsp3) is 0.273. The van der Waals surface area contributed by atoms with Gasteiger partial charge in [-0.3, -0.25) is 0 Å². The summed E-state index contributed by atoms with van der Waals surface area (Å²) in [6.45, 7) is 2.03. The molecule has 0 atom stereocenters. The van der Waals surface area contributed by atoms with Crippen molar-refractivity contribution in [3.05, 3.63) is 29.6 Å². The van der Waals surface area contributed by atoms with E-state index >= 15 is 0 Å². The quantitative estimate of drug-likeness (QED) is 0.812. The minimum Gasteiger partial charge on any atom is -0.478 e. The molecule has 1 aromatic heterocycles. The van der Waals surface area contributed by atoms with Gasteiger partial charge in [0.05, 0.1) is 16.6 Å². The Balaban J connectivity index is 2.70. The van der Waals surface area contributed by atoms with Gasteiger partial charge in [0, 0.05) is 13.5 Å². The Bertz CT molecular complexity index is 529. The number of benzene rings is 1. The number of hydrogen-bond acceptors (Lipinski definition) is 2. The maximum absolute atomic E-state index is 10.8. The summed E-state index contributed by atoms with van der Waals surface area (Å²) in [6.07, 6.45) is 0.841. The highest BCUT2D eigenvalue weighted by Gasteiger charge is 2.09. The van der Waals surface area contributed by atoms with Crippen LogP contribution in [0, 0.1) is 0 Å². The van der Waals surface area contributed by atoms with Crippen LogP contribution in [0.4, 0.5) is 0 Å². The molecule has 1 N–H and O–H groups in total. The summed E-state index contributed by atoms with van der Waals surface area (Å²) in [6, 6.07) is 4.98. The van der Waals surface area contributed by atoms with Gasteiger partial charge in [-0.15, -0.1) is 0 Å². The van der Waals surface area contributed by atoms with Gasteiger partial charge in [0.25, 0.3) is 0 Å². The van der Waals surface area contributed by atoms with Crippen molar-refractivity contribution in [3.63, 3.8) is 0 Å². The number of aryl methyl sites for hydroxylation is 2. The van der Waals surface area contributed by atoms with Crippen LogP contribution in [0.2, 0.25) is 0 Å². The number of hydrogen-bond donors (Lipinski definition) is 1. The van der Waals surface area contributed by atoms with Crippen LogP contribution >= 0.6 is 0 Å². The molecule has 0 aliphatic heterocycles. The third kappa shape index (κ3) is 1.48. The van der Waals surface area contributed by atoms with Gasteiger partial charge < -0.3 is 9.67 Å². The molecule has 2 rings (SSSR count). The van der Waals surface area contributed by atoms with Gasteiger partial charge in [-0.1, -0.05) is 6.92 Å². The number of carboxylic acid groups (broad SMARTS) is 1. The molecule has 4 nitrogen and oxygen atoms in total. The van der Waals surface area contributed by atoms with Crippen LogP contribution in [0.3, 0.4) is 0 Å². The Labute approximate surface area is 87.2 Å². The van der Waals surface area contributed by atoms with Crippen LogP contribution in [0.1, 0.15) is 23.1 Å². The molecule has 0 unspecified atom stereocenters. The molecule has 0 fully saturated rings. The fourth-order valence-electron chi connectivity index (χ4n) is 1.69. The summed E-state index contributed by atoms with van der Waals surface area (Å²) in [7, 11) is 1.90. The smallest absolute Gasteiger partial charge is 0.335 e. The van der Waals surface area contributed by atoms with E-state index in [1.54, 1.807) is 18.2 Å². The second kappa shape index (κ2) is 3.38. The normalized spacial score (nSPS) is 10.8. The summed E-state index contributed by atoms with van der Waals surface area (Å²) in [5.74, 6) is 0.0590. The largest absolute Gasteiger partial charge is 0.478 e. The lowest BCUT2D eigenvalue weighted by atomic mass is 10.2. The van der Waals surface area contributed by atoms with Crippen LogP contribution in [0.15, 0.2) is 18.2 Å². The Morgan fingerprint density at radius 2 is 2.27 bits per heavy atom. The van der Waals surface area contributed by atoms with Crippen molar-refractivity contribution in [2.75, 3.05) is 0 Å². The zero-order chi connectivity index (χ0) is 11.0. The van der Waals surface area contributed by atoms with Crippen LogP contribution in [0.25, 0.3) is 11.0 Å². The predicted octanol–water partition coefficient (Wildman–Crippen LogP) is 1.83. The number of imidazole rings is 1. The fourth-order valence-corrected chi connectivity index (χ4v) is 1.69. The van der Waals surface area contributed by atoms with Crippen molar-refractivity contribution in [2.24, 2.45) is 7.05 Å². The molecule has 0 spiro atoms. The van der Waals surface area contributed by atoms with E-state index in [0.717, 1.165) is 23.3 Å². The van der Waals surface area contributed by atoms with E-state index in [9.17, 15) is 4.79 Å². The monoisotopic (exact) mass is 204 g/mol. The molecule has 0 aliphatic rings. The van der Waals surface area contributed by atoms with Gasteiger partial charge >= 0.3 is 5.97 Å². The van der Waals surface area contributed by atoms with Crippen molar-refractivity contribution in [3.8, 4) is 0 Å². The molecule has 0 aliphatic carbocycles. The molecule has 0 saturated heterocycles. The molecule has 4 heteroatoms. The summed E-state index contributed by atoms with van der Waals surface area (Å²) in [5.41, 5.74) is 2.01. The molecule has 15 heavy (non-hydrogen) atoms. The van der Waals surface area contributed by atoms with E-state index < -0.39 is 5.97 Å². The summed E-state index contributed by atoms with van der Waals surface area (Å²) < 4.78 is 1.93. The summed E-state index contributed by atoms with van der Waals surface area (Å²) >= 11 is 0. The van der Waals surface area contributed by atoms with Gasteiger partial charge in [-0.2, -0.15) is 0 Å². The van der Waals surface area contributed by atoms with Gasteiger partial charge in [0.2, 0.25) is 0 Å². The minimum absolute atomic E-state index is 0.299. The zero-order valence-corrected chi connectivity index (χ0v) is 8.69. The first kappa shape index (κ1) is 9.71. The number of nitrogens with zero attached hydrogens (tertiary/aromatic N) is 2. The molecule has 78 valence electrons. The van der Waals surface area contributed by atoms with Gasteiger partial charge in [0.15, 0.2) is 0 Å². The number of carboxylic acids is 1. The number of fused-ring (bicyclic) bond motifs is 1. The number of aromatic carboxylic acids is 1. The molecular formula is C11H12N2O2. The van der Waals surface area contributed by atoms with Gasteiger partial charge in [0.1, 0.15) is 5.82 Å². The van der Waals surface area contributed by atoms with E-state index in [2.05, 4.69) is 4.98 Å². The van der Waals surface area contributed by atoms with E-state index in [-0.39, 0.29) is 0 Å². The molecule has 1 aromatic carbocycles. The first-order valence-corrected chi connectivity index (χ1v) is 4.82. The highest BCUT2D eigenvalue weighted by molar-refractivity contribution is 5.92. The second-order valence-electron chi connectivity index (χ2n) is 3.45. The zero-order valence-electron chi connectivity index (χ0n) is 8.69. The van der Waals surface area contributed by atoms with Crippen LogP contribution in [0.5, 0.6) is 0 Å². The molecule has 0 saturated carbocycles. The topological polar surface area (TPSA) is 55.1 Å². The van der Waals surface area contributed by atoms with Crippen molar-refractivity contribution in [1.82, 2.24) is 9.55 Å². The van der Waals surface area contributed by atoms with Crippen molar-refractivity contribution in [2.45, 2.75) is 13.3 Å². The van der Waals surface area contributed by atoms with Crippen LogP contribution in [-0.4, -0.2) is 20.6 Å². The Kier molecular flexibility index (Phi) is 2.19. The van der Waals surface area contributed by atoms with Crippen LogP contribution in [-0.2, 0) is 13.5 Å². The SMILES string of the molecule is CCc1nc2ccc(C(=O)O)cc2n1C. The van der Waals surface area contributed by atoms with Gasteiger partial charge in [-0.25, -0.2) is 9.78 Å². The molecule has 0 radical (unpaired) electrons. The first-order valence-electron chi connectivity index (χ1n) is 4.82. The lowest BCUT2D eigenvalue weighted by Crippen LogP contribution is -1.98. The number of rotatable bonds is 2. The standard InChI is InChI=1S/C11H12N2O2/c1-3-10-12-8-5-4-7(11(14)15)6-9(8)13(10)2/h4-6H,3H2,1-2H3,(H,14,15). The second-order valence-corrected chi connectivity index (χ2v) is 3.45. The van der Waals surface area contributed by atoms with Crippen LogP contribution < -0.4 is 0 Å². The Morgan fingerprint density at radius 3 is 2.87 bits per heavy atom. The molecular weight excluding hydrogens is 192 g/mol. The third-order valence-corrected chi connectivity index (χ3v) is 2.54. The van der Waals surface area contributed by atoms with Crippen molar-refractivity contribution >= 4 is 17.0 Å². The van der Waals surface area contributed by atoms with E-state index in [4.69, 9.17) is 5.11 Å². The summed E-state index contributed by atoms with van der Waals surface area (Å²) in [4.78, 5) is 15.2. The highest BCUT2D eigenvalue weighted by atomic mass is 16.4. The van der Waals surface area contributed by atoms with E-state index in [1.165, 1.54) is 0 Å². The minimum atomic E-state index is -0.906. The van der Waals surface area contributed by atoms with Gasteiger partial charge in [-0.05, 0) is 18.2 Å². The number of aromatic nitrogens is 2. The third-order valence-electron chi connectivity index (χ3n) is 2.54. The molecule has 2 aromatic rings. The van der Waals surface area contributed by atoms with Crippen molar-refractivity contribution < 1.29 is 9.90 Å². The first-order chi connectivity index (χ1) is 7.13. The molecule has 1 heterocycles. The summed E-state index contributed by atoms with van der Waals surface area (Å²) in [5, 5.41) is 8.87. The Hall–Kier alpha value is -1.84. The maximum atomic E-state index is 10.8. The average molecular weight is 204 g/mol. The predicted molar refractivity (Wildman–Crippen MR) is 57.1 cm³/mol. The molecule has 0 amide bonds. The lowest BCUT2D eigenvalue weighted by Gasteiger charge is -1.99. The maximum Gasteiger partial charge on any atom is 0.335 e. The van der Waals surface area contributed by atoms with E-state index in [0.29, 0.717) is 5.56 Å². The van der Waals surface area contributed by atoms with Crippen molar-refractivity contribution in [1.29, 1.82) is 0 Å². The van der Waals surface area contributed by atoms with E-state index in [1.807, 2.05) is 18.5 Å². The Morgan fingerprint density at radius 1 is 1.53 bits per heavy atom. The highest BCUT2D eigenvalue weighted by Crippen LogP contribution is 2.17. The number of carbonyl (C=O) groups is 1. The lowest BCUT2D eigenvalue weighted by molar-refractivity contribution is 0.0697. The average Bonchev–Trinajstić information content (AvgIpc) is 2.55.